The van der Waals surface area contributed by atoms with Crippen molar-refractivity contribution in [3.63, 3.8) is 0 Å². The number of carbonyl (C=O) groups excluding carboxylic acids is 1. The monoisotopic (exact) mass is 364 g/mol. The van der Waals surface area contributed by atoms with Crippen molar-refractivity contribution in [3.8, 4) is 0 Å². The van der Waals surface area contributed by atoms with E-state index in [0.717, 1.165) is 22.4 Å². The Hall–Kier alpha value is -1.86. The van der Waals surface area contributed by atoms with Gasteiger partial charge < -0.3 is 4.90 Å². The first-order valence-electron chi connectivity index (χ1n) is 7.88. The van der Waals surface area contributed by atoms with Crippen molar-refractivity contribution in [2.75, 3.05) is 11.3 Å². The van der Waals surface area contributed by atoms with Gasteiger partial charge in [0.2, 0.25) is 5.91 Å². The van der Waals surface area contributed by atoms with E-state index >= 15 is 0 Å². The van der Waals surface area contributed by atoms with Gasteiger partial charge in [-0.25, -0.2) is 8.42 Å². The molecular weight excluding hydrogens is 344 g/mol. The highest BCUT2D eigenvalue weighted by molar-refractivity contribution is 7.94. The summed E-state index contributed by atoms with van der Waals surface area (Å²) < 4.78 is 28.5. The number of thiophene rings is 1. The highest BCUT2D eigenvalue weighted by atomic mass is 32.2. The van der Waals surface area contributed by atoms with Gasteiger partial charge in [-0.15, -0.1) is 11.3 Å². The number of amides is 1. The van der Waals surface area contributed by atoms with E-state index < -0.39 is 10.0 Å². The zero-order valence-electron chi connectivity index (χ0n) is 13.7. The number of sulfonamides is 1. The van der Waals surface area contributed by atoms with E-state index in [-0.39, 0.29) is 5.91 Å². The number of fused-ring (bicyclic) bond motifs is 1. The van der Waals surface area contributed by atoms with E-state index in [1.807, 2.05) is 25.1 Å². The Labute approximate surface area is 146 Å². The van der Waals surface area contributed by atoms with Crippen LogP contribution in [-0.4, -0.2) is 25.8 Å². The second-order valence-electron chi connectivity index (χ2n) is 5.82. The van der Waals surface area contributed by atoms with Gasteiger partial charge in [-0.05, 0) is 36.1 Å². The molecule has 1 aromatic heterocycles. The number of nitrogens with one attached hydrogen (secondary N) is 1. The van der Waals surface area contributed by atoms with Crippen LogP contribution < -0.4 is 4.72 Å². The summed E-state index contributed by atoms with van der Waals surface area (Å²) in [5, 5.41) is 0. The van der Waals surface area contributed by atoms with Gasteiger partial charge in [0.25, 0.3) is 10.0 Å². The number of rotatable bonds is 4. The standard InChI is InChI=1S/C17H20N2O3S2/c1-3-13-6-4-5-7-15(13)18-24(21,22)17-10-14-11-19(12(2)20)9-8-16(14)23-17/h4-7,10,18H,3,8-9,11H2,1-2H3. The number of aryl methyl sites for hydroxylation is 1. The molecule has 5 nitrogen and oxygen atoms in total. The van der Waals surface area contributed by atoms with Gasteiger partial charge in [-0.2, -0.15) is 0 Å². The summed E-state index contributed by atoms with van der Waals surface area (Å²) in [4.78, 5) is 14.3. The summed E-state index contributed by atoms with van der Waals surface area (Å²) in [6.07, 6.45) is 1.47. The van der Waals surface area contributed by atoms with Crippen LogP contribution in [0.4, 0.5) is 5.69 Å². The van der Waals surface area contributed by atoms with Gasteiger partial charge in [-0.3, -0.25) is 9.52 Å². The Balaban J connectivity index is 1.88. The average Bonchev–Trinajstić information content (AvgIpc) is 2.99. The number of hydrogen-bond acceptors (Lipinski definition) is 4. The minimum atomic E-state index is -3.61. The second kappa shape index (κ2) is 6.57. The smallest absolute Gasteiger partial charge is 0.271 e. The highest BCUT2D eigenvalue weighted by Crippen LogP contribution is 2.32. The van der Waals surface area contributed by atoms with Gasteiger partial charge in [0.1, 0.15) is 4.21 Å². The maximum absolute atomic E-state index is 12.7. The molecule has 0 spiro atoms. The lowest BCUT2D eigenvalue weighted by Gasteiger charge is -2.25. The first kappa shape index (κ1) is 17.0. The zero-order valence-corrected chi connectivity index (χ0v) is 15.3. The topological polar surface area (TPSA) is 66.5 Å². The van der Waals surface area contributed by atoms with Crippen molar-refractivity contribution < 1.29 is 13.2 Å². The number of carbonyl (C=O) groups is 1. The first-order chi connectivity index (χ1) is 11.4. The van der Waals surface area contributed by atoms with Gasteiger partial charge in [-0.1, -0.05) is 25.1 Å². The number of hydrogen-bond donors (Lipinski definition) is 1. The zero-order chi connectivity index (χ0) is 17.3. The lowest BCUT2D eigenvalue weighted by Crippen LogP contribution is -2.33. The molecule has 3 rings (SSSR count). The van der Waals surface area contributed by atoms with Crippen LogP contribution in [0.1, 0.15) is 29.9 Å². The third-order valence-corrected chi connectivity index (χ3v) is 7.27. The maximum Gasteiger partial charge on any atom is 0.271 e. The van der Waals surface area contributed by atoms with Crippen LogP contribution in [0.15, 0.2) is 34.5 Å². The Bertz CT molecular complexity index is 872. The molecule has 1 aromatic carbocycles. The SMILES string of the molecule is CCc1ccccc1NS(=O)(=O)c1cc2c(s1)CCN(C(C)=O)C2. The molecule has 2 aromatic rings. The summed E-state index contributed by atoms with van der Waals surface area (Å²) in [6, 6.07) is 9.12. The van der Waals surface area contributed by atoms with Crippen LogP contribution >= 0.6 is 11.3 Å². The third-order valence-electron chi connectivity index (χ3n) is 4.20. The lowest BCUT2D eigenvalue weighted by molar-refractivity contribution is -0.129. The molecule has 24 heavy (non-hydrogen) atoms. The fourth-order valence-corrected chi connectivity index (χ4v) is 5.47. The van der Waals surface area contributed by atoms with Crippen molar-refractivity contribution in [2.45, 2.75) is 37.4 Å². The molecule has 128 valence electrons. The van der Waals surface area contributed by atoms with Crippen LogP contribution in [0, 0.1) is 0 Å². The van der Waals surface area contributed by atoms with Crippen molar-refractivity contribution in [3.05, 3.63) is 46.3 Å². The quantitative estimate of drug-likeness (QED) is 0.907. The Morgan fingerprint density at radius 1 is 1.33 bits per heavy atom. The van der Waals surface area contributed by atoms with Gasteiger partial charge in [0, 0.05) is 24.9 Å². The Kier molecular flexibility index (Phi) is 4.64. The first-order valence-corrected chi connectivity index (χ1v) is 10.2. The van der Waals surface area contributed by atoms with Crippen LogP contribution in [0.25, 0.3) is 0 Å². The molecule has 1 amide bonds. The van der Waals surface area contributed by atoms with E-state index in [2.05, 4.69) is 4.72 Å². The lowest BCUT2D eigenvalue weighted by atomic mass is 10.1. The number of benzene rings is 1. The van der Waals surface area contributed by atoms with E-state index in [1.165, 1.54) is 18.3 Å². The van der Waals surface area contributed by atoms with Gasteiger partial charge in [0.15, 0.2) is 0 Å². The van der Waals surface area contributed by atoms with Crippen molar-refractivity contribution >= 4 is 33.0 Å². The molecule has 1 aliphatic rings. The number of nitrogens with zero attached hydrogens (tertiary/aromatic N) is 1. The molecule has 0 fully saturated rings. The maximum atomic E-state index is 12.7. The van der Waals surface area contributed by atoms with Crippen LogP contribution in [-0.2, 0) is 34.2 Å². The van der Waals surface area contributed by atoms with Crippen molar-refractivity contribution in [2.24, 2.45) is 0 Å². The van der Waals surface area contributed by atoms with E-state index in [0.29, 0.717) is 29.4 Å². The van der Waals surface area contributed by atoms with E-state index in [9.17, 15) is 13.2 Å². The average molecular weight is 364 g/mol. The molecule has 1 aliphatic heterocycles. The molecule has 7 heteroatoms. The summed E-state index contributed by atoms with van der Waals surface area (Å²) in [5.41, 5.74) is 2.52. The minimum Gasteiger partial charge on any atom is -0.338 e. The number of para-hydroxylation sites is 1. The van der Waals surface area contributed by atoms with Crippen LogP contribution in [0.2, 0.25) is 0 Å². The Morgan fingerprint density at radius 3 is 2.79 bits per heavy atom. The van der Waals surface area contributed by atoms with E-state index in [1.54, 1.807) is 17.0 Å². The van der Waals surface area contributed by atoms with Crippen LogP contribution in [0.3, 0.4) is 0 Å². The molecule has 0 atom stereocenters. The molecule has 0 saturated carbocycles. The minimum absolute atomic E-state index is 0.0197. The van der Waals surface area contributed by atoms with Crippen LogP contribution in [0.5, 0.6) is 0 Å². The summed E-state index contributed by atoms with van der Waals surface area (Å²) in [7, 11) is -3.61. The summed E-state index contributed by atoms with van der Waals surface area (Å²) in [6.45, 7) is 4.67. The molecule has 0 unspecified atom stereocenters. The predicted octanol–water partition coefficient (Wildman–Crippen LogP) is 3.02. The fraction of sp³-hybridized carbons (Fsp3) is 0.353. The highest BCUT2D eigenvalue weighted by Gasteiger charge is 2.25. The summed E-state index contributed by atoms with van der Waals surface area (Å²) >= 11 is 1.30. The predicted molar refractivity (Wildman–Crippen MR) is 95.7 cm³/mol. The van der Waals surface area contributed by atoms with E-state index in [4.69, 9.17) is 0 Å². The molecule has 0 saturated heterocycles. The largest absolute Gasteiger partial charge is 0.338 e. The second-order valence-corrected chi connectivity index (χ2v) is 8.87. The Morgan fingerprint density at radius 2 is 2.08 bits per heavy atom. The van der Waals surface area contributed by atoms with Gasteiger partial charge in [0.05, 0.1) is 5.69 Å². The summed E-state index contributed by atoms with van der Waals surface area (Å²) in [5.74, 6) is 0.0197. The van der Waals surface area contributed by atoms with Gasteiger partial charge >= 0.3 is 0 Å². The third kappa shape index (κ3) is 3.32. The molecule has 0 radical (unpaired) electrons. The fourth-order valence-electron chi connectivity index (χ4n) is 2.83. The molecular formula is C17H20N2O3S2. The number of anilines is 1. The molecule has 0 aliphatic carbocycles. The molecule has 0 bridgehead atoms. The van der Waals surface area contributed by atoms with Crippen molar-refractivity contribution in [1.29, 1.82) is 0 Å². The normalized spacial score (nSPS) is 14.3. The molecule has 2 heterocycles. The van der Waals surface area contributed by atoms with Crippen molar-refractivity contribution in [1.82, 2.24) is 4.90 Å². The molecule has 1 N–H and O–H groups in total.